The summed E-state index contributed by atoms with van der Waals surface area (Å²) < 4.78 is 4.91. The summed E-state index contributed by atoms with van der Waals surface area (Å²) in [5, 5.41) is 4.81. The van der Waals surface area contributed by atoms with E-state index in [1.54, 1.807) is 11.3 Å². The summed E-state index contributed by atoms with van der Waals surface area (Å²) in [5.74, 6) is -0.142. The van der Waals surface area contributed by atoms with E-state index in [0.29, 0.717) is 6.54 Å². The van der Waals surface area contributed by atoms with Gasteiger partial charge in [-0.2, -0.15) is 0 Å². The largest absolute Gasteiger partial charge is 0.370 e. The third-order valence-electron chi connectivity index (χ3n) is 2.04. The number of carbonyl (C=O) groups is 1. The second-order valence-electron chi connectivity index (χ2n) is 3.08. The van der Waals surface area contributed by atoms with Crippen molar-refractivity contribution in [3.8, 4) is 0 Å². The molecule has 1 rings (SSSR count). The van der Waals surface area contributed by atoms with Gasteiger partial charge >= 0.3 is 0 Å². The first kappa shape index (κ1) is 12.2. The van der Waals surface area contributed by atoms with Crippen LogP contribution in [0.4, 0.5) is 0 Å². The van der Waals surface area contributed by atoms with Gasteiger partial charge in [-0.15, -0.1) is 11.3 Å². The average molecular weight is 228 g/mol. The zero-order valence-electron chi connectivity index (χ0n) is 8.73. The van der Waals surface area contributed by atoms with Gasteiger partial charge in [0, 0.05) is 25.1 Å². The minimum Gasteiger partial charge on any atom is -0.370 e. The molecule has 0 aliphatic carbocycles. The average Bonchev–Trinajstić information content (AvgIpc) is 2.72. The summed E-state index contributed by atoms with van der Waals surface area (Å²) in [4.78, 5) is 12.7. The first-order valence-corrected chi connectivity index (χ1v) is 5.69. The molecule has 0 saturated heterocycles. The lowest BCUT2D eigenvalue weighted by Crippen LogP contribution is -2.41. The van der Waals surface area contributed by atoms with Crippen molar-refractivity contribution < 1.29 is 9.53 Å². The normalized spacial score (nSPS) is 12.4. The van der Waals surface area contributed by atoms with E-state index in [-0.39, 0.29) is 12.5 Å². The van der Waals surface area contributed by atoms with Crippen LogP contribution in [0.1, 0.15) is 4.88 Å². The molecule has 1 aromatic heterocycles. The third-order valence-corrected chi connectivity index (χ3v) is 2.98. The van der Waals surface area contributed by atoms with E-state index < -0.39 is 6.10 Å². The number of methoxy groups -OCH3 is 1. The Bertz CT molecular complexity index is 284. The van der Waals surface area contributed by atoms with Crippen molar-refractivity contribution in [1.82, 2.24) is 5.32 Å². The Hall–Kier alpha value is -0.910. The molecule has 0 spiro atoms. The molecule has 5 heteroatoms. The fraction of sp³-hybridized carbons (Fsp3) is 0.500. The lowest BCUT2D eigenvalue weighted by molar-refractivity contribution is -0.130. The number of thiophene rings is 1. The van der Waals surface area contributed by atoms with Gasteiger partial charge in [-0.1, -0.05) is 6.07 Å². The molecule has 0 aliphatic rings. The summed E-state index contributed by atoms with van der Waals surface area (Å²) in [6.45, 7) is 0.834. The van der Waals surface area contributed by atoms with Crippen molar-refractivity contribution in [2.24, 2.45) is 5.73 Å². The zero-order chi connectivity index (χ0) is 11.1. The van der Waals surface area contributed by atoms with E-state index in [2.05, 4.69) is 5.32 Å². The van der Waals surface area contributed by atoms with Gasteiger partial charge in [0.25, 0.3) is 0 Å². The van der Waals surface area contributed by atoms with Crippen molar-refractivity contribution in [2.45, 2.75) is 12.5 Å². The molecule has 0 bridgehead atoms. The number of hydrogen-bond acceptors (Lipinski definition) is 4. The van der Waals surface area contributed by atoms with Crippen molar-refractivity contribution >= 4 is 17.2 Å². The Morgan fingerprint density at radius 1 is 1.73 bits per heavy atom. The van der Waals surface area contributed by atoms with Gasteiger partial charge in [-0.05, 0) is 17.9 Å². The Balaban J connectivity index is 2.22. The molecule has 0 aliphatic heterocycles. The molecule has 3 N–H and O–H groups in total. The molecule has 1 heterocycles. The highest BCUT2D eigenvalue weighted by Crippen LogP contribution is 2.08. The SMILES string of the molecule is COC(CN)C(=O)NCCc1cccs1. The van der Waals surface area contributed by atoms with Crippen LogP contribution in [0.3, 0.4) is 0 Å². The highest BCUT2D eigenvalue weighted by Gasteiger charge is 2.14. The standard InChI is InChI=1S/C10H16N2O2S/c1-14-9(7-11)10(13)12-5-4-8-3-2-6-15-8/h2-3,6,9H,4-5,7,11H2,1H3,(H,12,13). The Labute approximate surface area is 93.4 Å². The van der Waals surface area contributed by atoms with Gasteiger partial charge in [-0.25, -0.2) is 0 Å². The molecule has 0 fully saturated rings. The number of amides is 1. The van der Waals surface area contributed by atoms with Crippen LogP contribution in [0.25, 0.3) is 0 Å². The number of ether oxygens (including phenoxy) is 1. The molecular weight excluding hydrogens is 212 g/mol. The molecule has 84 valence electrons. The van der Waals surface area contributed by atoms with Gasteiger partial charge in [-0.3, -0.25) is 4.79 Å². The van der Waals surface area contributed by atoms with Gasteiger partial charge in [0.1, 0.15) is 6.10 Å². The number of nitrogens with one attached hydrogen (secondary N) is 1. The topological polar surface area (TPSA) is 64.3 Å². The van der Waals surface area contributed by atoms with Crippen LogP contribution in [0.2, 0.25) is 0 Å². The van der Waals surface area contributed by atoms with Crippen LogP contribution < -0.4 is 11.1 Å². The minimum atomic E-state index is -0.534. The molecule has 0 radical (unpaired) electrons. The molecule has 15 heavy (non-hydrogen) atoms. The van der Waals surface area contributed by atoms with E-state index >= 15 is 0 Å². The van der Waals surface area contributed by atoms with Gasteiger partial charge in [0.15, 0.2) is 0 Å². The Kier molecular flexibility index (Phi) is 5.31. The van der Waals surface area contributed by atoms with Crippen molar-refractivity contribution in [3.63, 3.8) is 0 Å². The van der Waals surface area contributed by atoms with Crippen molar-refractivity contribution in [3.05, 3.63) is 22.4 Å². The Morgan fingerprint density at radius 2 is 2.53 bits per heavy atom. The van der Waals surface area contributed by atoms with Crippen LogP contribution in [0.5, 0.6) is 0 Å². The van der Waals surface area contributed by atoms with Gasteiger partial charge < -0.3 is 15.8 Å². The predicted octanol–water partition coefficient (Wildman–Crippen LogP) is 0.381. The van der Waals surface area contributed by atoms with Crippen LogP contribution in [0.15, 0.2) is 17.5 Å². The predicted molar refractivity (Wildman–Crippen MR) is 60.9 cm³/mol. The minimum absolute atomic E-state index is 0.142. The van der Waals surface area contributed by atoms with Crippen LogP contribution in [-0.4, -0.2) is 32.2 Å². The van der Waals surface area contributed by atoms with Crippen molar-refractivity contribution in [2.75, 3.05) is 20.2 Å². The van der Waals surface area contributed by atoms with Crippen LogP contribution in [0, 0.1) is 0 Å². The first-order valence-electron chi connectivity index (χ1n) is 4.81. The second-order valence-corrected chi connectivity index (χ2v) is 4.11. The molecular formula is C10H16N2O2S. The summed E-state index contributed by atoms with van der Waals surface area (Å²) in [5.41, 5.74) is 5.37. The highest BCUT2D eigenvalue weighted by atomic mass is 32.1. The maximum absolute atomic E-state index is 11.4. The van der Waals surface area contributed by atoms with E-state index in [1.165, 1.54) is 12.0 Å². The van der Waals surface area contributed by atoms with E-state index in [1.807, 2.05) is 17.5 Å². The van der Waals surface area contributed by atoms with Gasteiger partial charge in [0.2, 0.25) is 5.91 Å². The number of carbonyl (C=O) groups excluding carboxylic acids is 1. The lowest BCUT2D eigenvalue weighted by Gasteiger charge is -2.12. The molecule has 1 aromatic rings. The molecule has 1 amide bonds. The molecule has 4 nitrogen and oxygen atoms in total. The van der Waals surface area contributed by atoms with E-state index in [9.17, 15) is 4.79 Å². The van der Waals surface area contributed by atoms with Crippen LogP contribution in [-0.2, 0) is 16.0 Å². The Morgan fingerprint density at radius 3 is 3.07 bits per heavy atom. The number of hydrogen-bond donors (Lipinski definition) is 2. The lowest BCUT2D eigenvalue weighted by atomic mass is 10.3. The number of rotatable bonds is 6. The summed E-state index contributed by atoms with van der Waals surface area (Å²) in [6.07, 6.45) is 0.318. The smallest absolute Gasteiger partial charge is 0.250 e. The monoisotopic (exact) mass is 228 g/mol. The summed E-state index contributed by atoms with van der Waals surface area (Å²) in [7, 11) is 1.48. The van der Waals surface area contributed by atoms with Crippen molar-refractivity contribution in [1.29, 1.82) is 0 Å². The maximum Gasteiger partial charge on any atom is 0.250 e. The third kappa shape index (κ3) is 3.99. The number of nitrogens with two attached hydrogens (primary N) is 1. The fourth-order valence-corrected chi connectivity index (χ4v) is 1.90. The quantitative estimate of drug-likeness (QED) is 0.740. The fourth-order valence-electron chi connectivity index (χ4n) is 1.19. The summed E-state index contributed by atoms with van der Waals surface area (Å²) >= 11 is 1.69. The molecule has 1 unspecified atom stereocenters. The second kappa shape index (κ2) is 6.55. The molecule has 0 saturated carbocycles. The van der Waals surface area contributed by atoms with Gasteiger partial charge in [0.05, 0.1) is 0 Å². The molecule has 0 aromatic carbocycles. The molecule has 1 atom stereocenters. The first-order chi connectivity index (χ1) is 7.27. The van der Waals surface area contributed by atoms with Crippen LogP contribution >= 0.6 is 11.3 Å². The van der Waals surface area contributed by atoms with E-state index in [0.717, 1.165) is 6.42 Å². The zero-order valence-corrected chi connectivity index (χ0v) is 9.55. The van der Waals surface area contributed by atoms with E-state index in [4.69, 9.17) is 10.5 Å². The highest BCUT2D eigenvalue weighted by molar-refractivity contribution is 7.09. The summed E-state index contributed by atoms with van der Waals surface area (Å²) in [6, 6.07) is 4.05. The maximum atomic E-state index is 11.4.